The molecule has 0 unspecified atom stereocenters. The predicted octanol–water partition coefficient (Wildman–Crippen LogP) is 7.01. The molecule has 0 spiro atoms. The van der Waals surface area contributed by atoms with Crippen LogP contribution in [-0.2, 0) is 11.2 Å². The molecule has 0 bridgehead atoms. The Hall–Kier alpha value is -4.31. The summed E-state index contributed by atoms with van der Waals surface area (Å²) < 4.78 is 10.9. The molecule has 0 aliphatic carbocycles. The van der Waals surface area contributed by atoms with Gasteiger partial charge in [-0.2, -0.15) is 0 Å². The number of rotatable bonds is 11. The third-order valence-electron chi connectivity index (χ3n) is 6.60. The summed E-state index contributed by atoms with van der Waals surface area (Å²) >= 11 is 0. The van der Waals surface area contributed by atoms with Crippen LogP contribution in [0.5, 0.6) is 11.5 Å². The van der Waals surface area contributed by atoms with E-state index in [0.717, 1.165) is 27.8 Å². The van der Waals surface area contributed by atoms with Gasteiger partial charge in [-0.3, -0.25) is 4.79 Å². The zero-order chi connectivity index (χ0) is 26.7. The van der Waals surface area contributed by atoms with E-state index < -0.39 is 0 Å². The van der Waals surface area contributed by atoms with Gasteiger partial charge < -0.3 is 14.4 Å². The maximum Gasteiger partial charge on any atom is 0.234 e. The Morgan fingerprint density at radius 3 is 1.87 bits per heavy atom. The predicted molar refractivity (Wildman–Crippen MR) is 155 cm³/mol. The number of hydrogen-bond donors (Lipinski definition) is 0. The first-order valence-electron chi connectivity index (χ1n) is 12.9. The quantitative estimate of drug-likeness (QED) is 0.220. The van der Waals surface area contributed by atoms with E-state index in [1.54, 1.807) is 14.2 Å². The van der Waals surface area contributed by atoms with Crippen molar-refractivity contribution in [1.82, 2.24) is 4.90 Å². The first-order valence-corrected chi connectivity index (χ1v) is 12.9. The van der Waals surface area contributed by atoms with Crippen LogP contribution < -0.4 is 9.47 Å². The van der Waals surface area contributed by atoms with Crippen molar-refractivity contribution in [3.8, 4) is 11.5 Å². The molecule has 0 saturated carbocycles. The number of amides is 1. The highest BCUT2D eigenvalue weighted by atomic mass is 16.5. The van der Waals surface area contributed by atoms with E-state index in [1.165, 1.54) is 0 Å². The third-order valence-corrected chi connectivity index (χ3v) is 6.60. The molecule has 4 nitrogen and oxygen atoms in total. The van der Waals surface area contributed by atoms with E-state index in [2.05, 4.69) is 25.1 Å². The van der Waals surface area contributed by atoms with E-state index in [0.29, 0.717) is 31.0 Å². The van der Waals surface area contributed by atoms with Gasteiger partial charge in [-0.1, -0.05) is 109 Å². The largest absolute Gasteiger partial charge is 0.493 e. The molecule has 38 heavy (non-hydrogen) atoms. The molecule has 4 heteroatoms. The molecule has 0 aliphatic heterocycles. The second-order valence-corrected chi connectivity index (χ2v) is 9.35. The van der Waals surface area contributed by atoms with Crippen molar-refractivity contribution in [2.75, 3.05) is 27.3 Å². The molecule has 1 amide bonds. The van der Waals surface area contributed by atoms with Gasteiger partial charge in [-0.05, 0) is 47.7 Å². The number of carbonyl (C=O) groups is 1. The average molecular weight is 506 g/mol. The van der Waals surface area contributed by atoms with Crippen molar-refractivity contribution in [2.45, 2.75) is 19.3 Å². The monoisotopic (exact) mass is 505 g/mol. The van der Waals surface area contributed by atoms with Crippen LogP contribution in [0.4, 0.5) is 0 Å². The van der Waals surface area contributed by atoms with Crippen LogP contribution in [0.15, 0.2) is 115 Å². The number of hydrogen-bond acceptors (Lipinski definition) is 3. The number of methoxy groups -OCH3 is 2. The molecule has 0 aromatic heterocycles. The minimum Gasteiger partial charge on any atom is -0.493 e. The summed E-state index contributed by atoms with van der Waals surface area (Å²) in [5, 5.41) is 0. The lowest BCUT2D eigenvalue weighted by molar-refractivity contribution is -0.131. The molecule has 0 radical (unpaired) electrons. The molecule has 0 N–H and O–H groups in total. The van der Waals surface area contributed by atoms with Crippen LogP contribution in [-0.4, -0.2) is 38.1 Å². The lowest BCUT2D eigenvalue weighted by atomic mass is 9.89. The molecule has 0 fully saturated rings. The molecule has 194 valence electrons. The van der Waals surface area contributed by atoms with Crippen molar-refractivity contribution < 1.29 is 14.3 Å². The van der Waals surface area contributed by atoms with Crippen LogP contribution in [0.3, 0.4) is 0 Å². The summed E-state index contributed by atoms with van der Waals surface area (Å²) in [5.41, 5.74) is 5.31. The van der Waals surface area contributed by atoms with Gasteiger partial charge in [0.2, 0.25) is 5.91 Å². The van der Waals surface area contributed by atoms with E-state index in [-0.39, 0.29) is 11.8 Å². The first-order chi connectivity index (χ1) is 18.6. The van der Waals surface area contributed by atoms with Crippen molar-refractivity contribution in [3.05, 3.63) is 137 Å². The van der Waals surface area contributed by atoms with Crippen molar-refractivity contribution in [3.63, 3.8) is 0 Å². The van der Waals surface area contributed by atoms with Gasteiger partial charge in [0.15, 0.2) is 11.5 Å². The minimum absolute atomic E-state index is 0.0867. The Bertz CT molecular complexity index is 1290. The lowest BCUT2D eigenvalue weighted by Crippen LogP contribution is -2.38. The molecule has 4 aromatic rings. The number of nitrogens with zero attached hydrogens (tertiary/aromatic N) is 1. The fraction of sp³-hybridized carbons (Fsp3) is 0.206. The summed E-state index contributed by atoms with van der Waals surface area (Å²) in [4.78, 5) is 16.3. The van der Waals surface area contributed by atoms with E-state index in [9.17, 15) is 4.79 Å². The van der Waals surface area contributed by atoms with Gasteiger partial charge in [-0.25, -0.2) is 0 Å². The van der Waals surface area contributed by atoms with Crippen LogP contribution in [0.2, 0.25) is 0 Å². The average Bonchev–Trinajstić information content (AvgIpc) is 2.96. The number of benzene rings is 4. The summed E-state index contributed by atoms with van der Waals surface area (Å²) in [7, 11) is 3.27. The highest BCUT2D eigenvalue weighted by molar-refractivity contribution is 5.87. The van der Waals surface area contributed by atoms with Gasteiger partial charge in [0.25, 0.3) is 0 Å². The van der Waals surface area contributed by atoms with E-state index in [4.69, 9.17) is 9.47 Å². The zero-order valence-corrected chi connectivity index (χ0v) is 22.3. The summed E-state index contributed by atoms with van der Waals surface area (Å²) in [5.74, 6) is 1.09. The van der Waals surface area contributed by atoms with Gasteiger partial charge in [0.1, 0.15) is 0 Å². The minimum atomic E-state index is -0.382. The maximum absolute atomic E-state index is 14.3. The smallest absolute Gasteiger partial charge is 0.234 e. The molecule has 0 aliphatic rings. The number of ether oxygens (including phenoxy) is 2. The topological polar surface area (TPSA) is 38.8 Å². The summed E-state index contributed by atoms with van der Waals surface area (Å²) in [6, 6.07) is 36.2. The SMILES string of the molecule is COc1ccc(CCN(C/C(C)=C\c2ccccc2)C(=O)C(c2ccccc2)c2ccccc2)cc1OC. The van der Waals surface area contributed by atoms with Crippen LogP contribution in [0.25, 0.3) is 6.08 Å². The third kappa shape index (κ3) is 6.92. The second-order valence-electron chi connectivity index (χ2n) is 9.35. The highest BCUT2D eigenvalue weighted by Gasteiger charge is 2.27. The van der Waals surface area contributed by atoms with Crippen molar-refractivity contribution in [1.29, 1.82) is 0 Å². The van der Waals surface area contributed by atoms with Crippen LogP contribution >= 0.6 is 0 Å². The standard InChI is InChI=1S/C34H35NO3/c1-26(23-27-13-7-4-8-14-27)25-35(22-21-28-19-20-31(37-2)32(24-28)38-3)34(36)33(29-15-9-5-10-16-29)30-17-11-6-12-18-30/h4-20,23-24,33H,21-22,25H2,1-3H3/b26-23-. The zero-order valence-electron chi connectivity index (χ0n) is 22.3. The van der Waals surface area contributed by atoms with Gasteiger partial charge >= 0.3 is 0 Å². The Morgan fingerprint density at radius 1 is 0.763 bits per heavy atom. The van der Waals surface area contributed by atoms with Crippen molar-refractivity contribution >= 4 is 12.0 Å². The Balaban J connectivity index is 1.66. The molecule has 0 atom stereocenters. The van der Waals surface area contributed by atoms with Gasteiger partial charge in [0, 0.05) is 13.1 Å². The molecular weight excluding hydrogens is 470 g/mol. The molecule has 4 aromatic carbocycles. The van der Waals surface area contributed by atoms with Gasteiger partial charge in [-0.15, -0.1) is 0 Å². The van der Waals surface area contributed by atoms with Gasteiger partial charge in [0.05, 0.1) is 20.1 Å². The van der Waals surface area contributed by atoms with E-state index in [1.807, 2.05) is 102 Å². The molecule has 0 saturated heterocycles. The Kier molecular flexibility index (Phi) is 9.36. The molecule has 4 rings (SSSR count). The fourth-order valence-electron chi connectivity index (χ4n) is 4.70. The Morgan fingerprint density at radius 2 is 1.32 bits per heavy atom. The molecule has 0 heterocycles. The summed E-state index contributed by atoms with van der Waals surface area (Å²) in [6.45, 7) is 3.20. The van der Waals surface area contributed by atoms with E-state index >= 15 is 0 Å². The first kappa shape index (κ1) is 26.7. The normalized spacial score (nSPS) is 11.3. The van der Waals surface area contributed by atoms with Crippen LogP contribution in [0, 0.1) is 0 Å². The maximum atomic E-state index is 14.3. The fourth-order valence-corrected chi connectivity index (χ4v) is 4.70. The van der Waals surface area contributed by atoms with Crippen LogP contribution in [0.1, 0.15) is 35.1 Å². The number of carbonyl (C=O) groups excluding carboxylic acids is 1. The lowest BCUT2D eigenvalue weighted by Gasteiger charge is -2.29. The summed E-state index contributed by atoms with van der Waals surface area (Å²) in [6.07, 6.45) is 2.84. The highest BCUT2D eigenvalue weighted by Crippen LogP contribution is 2.29. The molecular formula is C34H35NO3. The Labute approximate surface area is 226 Å². The van der Waals surface area contributed by atoms with Crippen molar-refractivity contribution in [2.24, 2.45) is 0 Å². The second kappa shape index (κ2) is 13.3.